The lowest BCUT2D eigenvalue weighted by Gasteiger charge is -2.35. The molecule has 1 fully saturated rings. The molecule has 0 spiro atoms. The summed E-state index contributed by atoms with van der Waals surface area (Å²) in [5, 5.41) is 3.29. The number of hydrogen-bond acceptors (Lipinski definition) is 2. The fraction of sp³-hybridized carbons (Fsp3) is 0.941. The van der Waals surface area contributed by atoms with Crippen molar-refractivity contribution in [1.29, 1.82) is 0 Å². The molecular formula is C17H34N2O. The first-order valence-corrected chi connectivity index (χ1v) is 8.60. The van der Waals surface area contributed by atoms with Gasteiger partial charge in [0, 0.05) is 12.6 Å². The second kappa shape index (κ2) is 8.66. The van der Waals surface area contributed by atoms with Gasteiger partial charge in [0.1, 0.15) is 0 Å². The summed E-state index contributed by atoms with van der Waals surface area (Å²) < 4.78 is 0. The molecule has 0 aromatic heterocycles. The van der Waals surface area contributed by atoms with Gasteiger partial charge < -0.3 is 11.1 Å². The first-order valence-electron chi connectivity index (χ1n) is 8.60. The monoisotopic (exact) mass is 282 g/mol. The van der Waals surface area contributed by atoms with Crippen LogP contribution in [-0.4, -0.2) is 18.5 Å². The molecule has 3 nitrogen and oxygen atoms in total. The van der Waals surface area contributed by atoms with E-state index in [0.717, 1.165) is 25.7 Å². The average Bonchev–Trinajstić information content (AvgIpc) is 2.47. The highest BCUT2D eigenvalue weighted by atomic mass is 16.2. The van der Waals surface area contributed by atoms with E-state index in [0.29, 0.717) is 18.5 Å². The minimum Gasteiger partial charge on any atom is -0.353 e. The van der Waals surface area contributed by atoms with E-state index in [2.05, 4.69) is 26.1 Å². The number of amides is 1. The van der Waals surface area contributed by atoms with Crippen molar-refractivity contribution in [3.63, 3.8) is 0 Å². The van der Waals surface area contributed by atoms with E-state index in [1.165, 1.54) is 32.1 Å². The van der Waals surface area contributed by atoms with Crippen LogP contribution in [0.1, 0.15) is 78.6 Å². The summed E-state index contributed by atoms with van der Waals surface area (Å²) >= 11 is 0. The molecule has 1 saturated carbocycles. The van der Waals surface area contributed by atoms with E-state index in [4.69, 9.17) is 5.73 Å². The Bertz CT molecular complexity index is 279. The first-order chi connectivity index (χ1) is 9.59. The van der Waals surface area contributed by atoms with E-state index >= 15 is 0 Å². The summed E-state index contributed by atoms with van der Waals surface area (Å²) in [5.41, 5.74) is 5.63. The molecule has 0 aromatic rings. The van der Waals surface area contributed by atoms with Crippen molar-refractivity contribution in [2.24, 2.45) is 17.1 Å². The van der Waals surface area contributed by atoms with E-state index in [1.54, 1.807) is 0 Å². The molecule has 1 amide bonds. The minimum absolute atomic E-state index is 0.196. The molecular weight excluding hydrogens is 248 g/mol. The standard InChI is InChI=1S/C17H34N2O/c1-4-11-17(13-18,12-5-2)16(20)19-14(3)15-9-7-6-8-10-15/h14-15H,4-13,18H2,1-3H3,(H,19,20). The van der Waals surface area contributed by atoms with Gasteiger partial charge >= 0.3 is 0 Å². The molecule has 0 heterocycles. The molecule has 3 heteroatoms. The third kappa shape index (κ3) is 4.47. The second-order valence-corrected chi connectivity index (χ2v) is 6.64. The van der Waals surface area contributed by atoms with Gasteiger partial charge in [0.2, 0.25) is 5.91 Å². The summed E-state index contributed by atoms with van der Waals surface area (Å²) in [6.07, 6.45) is 10.4. The maximum absolute atomic E-state index is 12.7. The number of hydrogen-bond donors (Lipinski definition) is 2. The van der Waals surface area contributed by atoms with Crippen LogP contribution in [0.5, 0.6) is 0 Å². The summed E-state index contributed by atoms with van der Waals surface area (Å²) in [5.74, 6) is 0.855. The van der Waals surface area contributed by atoms with Gasteiger partial charge in [-0.25, -0.2) is 0 Å². The lowest BCUT2D eigenvalue weighted by molar-refractivity contribution is -0.132. The molecule has 1 aliphatic rings. The van der Waals surface area contributed by atoms with Crippen LogP contribution in [0.3, 0.4) is 0 Å². The van der Waals surface area contributed by atoms with Crippen molar-refractivity contribution in [3.05, 3.63) is 0 Å². The first kappa shape index (κ1) is 17.5. The number of carbonyl (C=O) groups is 1. The number of carbonyl (C=O) groups excluding carboxylic acids is 1. The Hall–Kier alpha value is -0.570. The third-order valence-corrected chi connectivity index (χ3v) is 5.05. The zero-order valence-corrected chi connectivity index (χ0v) is 13.7. The molecule has 1 aliphatic carbocycles. The molecule has 1 unspecified atom stereocenters. The summed E-state index contributed by atoms with van der Waals surface area (Å²) in [6, 6.07) is 0.294. The Morgan fingerprint density at radius 1 is 1.20 bits per heavy atom. The van der Waals surface area contributed by atoms with Crippen LogP contribution < -0.4 is 11.1 Å². The van der Waals surface area contributed by atoms with Gasteiger partial charge in [-0.3, -0.25) is 4.79 Å². The molecule has 20 heavy (non-hydrogen) atoms. The normalized spacial score (nSPS) is 18.8. The van der Waals surface area contributed by atoms with E-state index in [1.807, 2.05) is 0 Å². The molecule has 0 bridgehead atoms. The highest BCUT2D eigenvalue weighted by molar-refractivity contribution is 5.83. The topological polar surface area (TPSA) is 55.1 Å². The van der Waals surface area contributed by atoms with Crippen molar-refractivity contribution < 1.29 is 4.79 Å². The Kier molecular flexibility index (Phi) is 7.57. The predicted molar refractivity (Wildman–Crippen MR) is 85.5 cm³/mol. The number of nitrogens with one attached hydrogen (secondary N) is 1. The molecule has 118 valence electrons. The zero-order chi connectivity index (χ0) is 15.0. The van der Waals surface area contributed by atoms with Gasteiger partial charge in [0.05, 0.1) is 5.41 Å². The molecule has 0 aromatic carbocycles. The highest BCUT2D eigenvalue weighted by Gasteiger charge is 2.36. The lowest BCUT2D eigenvalue weighted by atomic mass is 9.77. The minimum atomic E-state index is -0.341. The quantitative estimate of drug-likeness (QED) is 0.714. The maximum atomic E-state index is 12.7. The molecule has 0 saturated heterocycles. The maximum Gasteiger partial charge on any atom is 0.227 e. The van der Waals surface area contributed by atoms with E-state index in [9.17, 15) is 4.79 Å². The van der Waals surface area contributed by atoms with Crippen LogP contribution in [-0.2, 0) is 4.79 Å². The van der Waals surface area contributed by atoms with Crippen LogP contribution in [0, 0.1) is 11.3 Å². The largest absolute Gasteiger partial charge is 0.353 e. The van der Waals surface area contributed by atoms with Gasteiger partial charge in [-0.05, 0) is 38.5 Å². The zero-order valence-electron chi connectivity index (χ0n) is 13.7. The molecule has 1 atom stereocenters. The van der Waals surface area contributed by atoms with Crippen LogP contribution in [0.25, 0.3) is 0 Å². The van der Waals surface area contributed by atoms with Crippen molar-refractivity contribution in [2.75, 3.05) is 6.54 Å². The van der Waals surface area contributed by atoms with Gasteiger partial charge in [-0.1, -0.05) is 46.0 Å². The van der Waals surface area contributed by atoms with Gasteiger partial charge in [0.25, 0.3) is 0 Å². The molecule has 0 aliphatic heterocycles. The summed E-state index contributed by atoms with van der Waals surface area (Å²) in [4.78, 5) is 12.7. The smallest absolute Gasteiger partial charge is 0.227 e. The van der Waals surface area contributed by atoms with Crippen molar-refractivity contribution in [1.82, 2.24) is 5.32 Å². The second-order valence-electron chi connectivity index (χ2n) is 6.64. The van der Waals surface area contributed by atoms with Gasteiger partial charge in [-0.15, -0.1) is 0 Å². The molecule has 0 radical (unpaired) electrons. The summed E-state index contributed by atoms with van der Waals surface area (Å²) in [6.45, 7) is 6.92. The highest BCUT2D eigenvalue weighted by Crippen LogP contribution is 2.31. The fourth-order valence-corrected chi connectivity index (χ4v) is 3.72. The predicted octanol–water partition coefficient (Wildman–Crippen LogP) is 3.62. The van der Waals surface area contributed by atoms with Crippen LogP contribution in [0.4, 0.5) is 0 Å². The molecule has 3 N–H and O–H groups in total. The van der Waals surface area contributed by atoms with Gasteiger partial charge in [0.15, 0.2) is 0 Å². The van der Waals surface area contributed by atoms with Crippen LogP contribution >= 0.6 is 0 Å². The third-order valence-electron chi connectivity index (χ3n) is 5.05. The van der Waals surface area contributed by atoms with Crippen molar-refractivity contribution in [2.45, 2.75) is 84.6 Å². The number of nitrogens with two attached hydrogens (primary N) is 1. The van der Waals surface area contributed by atoms with Crippen molar-refractivity contribution in [3.8, 4) is 0 Å². The van der Waals surface area contributed by atoms with E-state index in [-0.39, 0.29) is 11.3 Å². The average molecular weight is 282 g/mol. The number of rotatable bonds is 8. The molecule has 1 rings (SSSR count). The summed E-state index contributed by atoms with van der Waals surface area (Å²) in [7, 11) is 0. The Morgan fingerprint density at radius 3 is 2.20 bits per heavy atom. The fourth-order valence-electron chi connectivity index (χ4n) is 3.72. The Labute approximate surface area is 125 Å². The van der Waals surface area contributed by atoms with Gasteiger partial charge in [-0.2, -0.15) is 0 Å². The van der Waals surface area contributed by atoms with Crippen LogP contribution in [0.15, 0.2) is 0 Å². The Balaban J connectivity index is 2.64. The van der Waals surface area contributed by atoms with E-state index < -0.39 is 0 Å². The van der Waals surface area contributed by atoms with Crippen LogP contribution in [0.2, 0.25) is 0 Å². The Morgan fingerprint density at radius 2 is 1.75 bits per heavy atom. The van der Waals surface area contributed by atoms with Crippen molar-refractivity contribution >= 4 is 5.91 Å². The lowest BCUT2D eigenvalue weighted by Crippen LogP contribution is -2.50. The SMILES string of the molecule is CCCC(CN)(CCC)C(=O)NC(C)C1CCCCC1.